The minimum absolute atomic E-state index is 0. The lowest BCUT2D eigenvalue weighted by molar-refractivity contribution is -0.0721. The molecular formula is C23H43IN4O3. The standard InChI is InChI=1S/C23H42N4O3.HI/c1-24-22(25-19-23(9-16-28-17-10-23)27-11-3-4-12-27)26-13-7-20(8-14-26)30-18-21-6-2-5-15-29-21;/h20-21H,2-19H2,1H3,(H,24,25);1H. The summed E-state index contributed by atoms with van der Waals surface area (Å²) in [6.45, 7) is 8.87. The van der Waals surface area contributed by atoms with E-state index in [2.05, 4.69) is 20.1 Å². The van der Waals surface area contributed by atoms with Crippen LogP contribution in [-0.2, 0) is 14.2 Å². The van der Waals surface area contributed by atoms with E-state index in [1.165, 1.54) is 38.8 Å². The van der Waals surface area contributed by atoms with Gasteiger partial charge in [0.05, 0.1) is 18.8 Å². The van der Waals surface area contributed by atoms with Gasteiger partial charge in [-0.15, -0.1) is 24.0 Å². The fraction of sp³-hybridized carbons (Fsp3) is 0.957. The van der Waals surface area contributed by atoms with E-state index in [0.717, 1.165) is 84.1 Å². The largest absolute Gasteiger partial charge is 0.381 e. The van der Waals surface area contributed by atoms with Crippen molar-refractivity contribution in [3.63, 3.8) is 0 Å². The summed E-state index contributed by atoms with van der Waals surface area (Å²) in [5.41, 5.74) is 0.228. The minimum atomic E-state index is 0. The maximum absolute atomic E-state index is 6.19. The van der Waals surface area contributed by atoms with E-state index in [9.17, 15) is 0 Å². The average Bonchev–Trinajstić information content (AvgIpc) is 3.36. The van der Waals surface area contributed by atoms with Crippen LogP contribution in [0.25, 0.3) is 0 Å². The van der Waals surface area contributed by atoms with Gasteiger partial charge in [-0.25, -0.2) is 0 Å². The molecule has 1 N–H and O–H groups in total. The third-order valence-corrected chi connectivity index (χ3v) is 7.52. The number of nitrogens with one attached hydrogen (secondary N) is 1. The molecule has 7 nitrogen and oxygen atoms in total. The lowest BCUT2D eigenvalue weighted by Gasteiger charge is -2.45. The molecule has 4 aliphatic rings. The molecule has 180 valence electrons. The van der Waals surface area contributed by atoms with Crippen molar-refractivity contribution in [1.82, 2.24) is 15.1 Å². The van der Waals surface area contributed by atoms with Gasteiger partial charge in [-0.05, 0) is 70.9 Å². The van der Waals surface area contributed by atoms with Crippen LogP contribution in [0.3, 0.4) is 0 Å². The molecule has 4 aliphatic heterocycles. The number of aliphatic imine (C=N–C) groups is 1. The average molecular weight is 551 g/mol. The normalized spacial score (nSPS) is 28.4. The van der Waals surface area contributed by atoms with Gasteiger partial charge in [0.15, 0.2) is 5.96 Å². The Kier molecular flexibility index (Phi) is 10.6. The van der Waals surface area contributed by atoms with E-state index >= 15 is 0 Å². The first-order valence-corrected chi connectivity index (χ1v) is 12.3. The quantitative estimate of drug-likeness (QED) is 0.312. The van der Waals surface area contributed by atoms with Crippen molar-refractivity contribution in [3.8, 4) is 0 Å². The number of likely N-dealkylation sites (tertiary alicyclic amines) is 2. The zero-order valence-electron chi connectivity index (χ0n) is 19.4. The Balaban J connectivity index is 0.00000272. The highest BCUT2D eigenvalue weighted by molar-refractivity contribution is 14.0. The van der Waals surface area contributed by atoms with Gasteiger partial charge in [-0.3, -0.25) is 9.89 Å². The highest BCUT2D eigenvalue weighted by Gasteiger charge is 2.40. The Morgan fingerprint density at radius 2 is 1.74 bits per heavy atom. The second-order valence-electron chi connectivity index (χ2n) is 9.44. The summed E-state index contributed by atoms with van der Waals surface area (Å²) in [6.07, 6.45) is 11.3. The van der Waals surface area contributed by atoms with Crippen LogP contribution in [0, 0.1) is 0 Å². The van der Waals surface area contributed by atoms with Crippen LogP contribution < -0.4 is 5.32 Å². The second-order valence-corrected chi connectivity index (χ2v) is 9.44. The van der Waals surface area contributed by atoms with E-state index in [4.69, 9.17) is 14.2 Å². The third-order valence-electron chi connectivity index (χ3n) is 7.52. The van der Waals surface area contributed by atoms with Crippen molar-refractivity contribution in [1.29, 1.82) is 0 Å². The van der Waals surface area contributed by atoms with Gasteiger partial charge in [-0.2, -0.15) is 0 Å². The summed E-state index contributed by atoms with van der Waals surface area (Å²) in [4.78, 5) is 9.74. The molecule has 8 heteroatoms. The van der Waals surface area contributed by atoms with Gasteiger partial charge in [-0.1, -0.05) is 0 Å². The van der Waals surface area contributed by atoms with E-state index in [0.29, 0.717) is 12.2 Å². The first-order chi connectivity index (χ1) is 14.8. The first-order valence-electron chi connectivity index (χ1n) is 12.3. The zero-order chi connectivity index (χ0) is 20.7. The number of halogens is 1. The van der Waals surface area contributed by atoms with Gasteiger partial charge in [0.2, 0.25) is 0 Å². The molecule has 0 radical (unpaired) electrons. The van der Waals surface area contributed by atoms with Crippen LogP contribution in [0.4, 0.5) is 0 Å². The molecule has 0 spiro atoms. The molecule has 0 aromatic heterocycles. The van der Waals surface area contributed by atoms with Gasteiger partial charge in [0.1, 0.15) is 0 Å². The Morgan fingerprint density at radius 1 is 1.00 bits per heavy atom. The summed E-state index contributed by atoms with van der Waals surface area (Å²) >= 11 is 0. The topological polar surface area (TPSA) is 58.6 Å². The number of ether oxygens (including phenoxy) is 3. The maximum Gasteiger partial charge on any atom is 0.193 e. The van der Waals surface area contributed by atoms with Crippen LogP contribution >= 0.6 is 24.0 Å². The molecule has 0 aliphatic carbocycles. The monoisotopic (exact) mass is 550 g/mol. The fourth-order valence-corrected chi connectivity index (χ4v) is 5.54. The second kappa shape index (κ2) is 12.9. The van der Waals surface area contributed by atoms with Crippen molar-refractivity contribution in [2.45, 2.75) is 75.5 Å². The smallest absolute Gasteiger partial charge is 0.193 e. The molecule has 1 unspecified atom stereocenters. The molecule has 0 aromatic rings. The molecule has 4 fully saturated rings. The number of rotatable bonds is 6. The summed E-state index contributed by atoms with van der Waals surface area (Å²) in [5.74, 6) is 1.05. The first kappa shape index (κ1) is 25.5. The summed E-state index contributed by atoms with van der Waals surface area (Å²) in [7, 11) is 1.91. The molecule has 0 amide bonds. The van der Waals surface area contributed by atoms with Crippen LogP contribution in [0.1, 0.15) is 57.8 Å². The van der Waals surface area contributed by atoms with E-state index in [1.54, 1.807) is 0 Å². The lowest BCUT2D eigenvalue weighted by Crippen LogP contribution is -2.59. The summed E-state index contributed by atoms with van der Waals surface area (Å²) < 4.78 is 17.7. The predicted octanol–water partition coefficient (Wildman–Crippen LogP) is 2.87. The highest BCUT2D eigenvalue weighted by Crippen LogP contribution is 2.31. The van der Waals surface area contributed by atoms with Gasteiger partial charge in [0.25, 0.3) is 0 Å². The van der Waals surface area contributed by atoms with E-state index in [-0.39, 0.29) is 29.5 Å². The number of hydrogen-bond acceptors (Lipinski definition) is 5. The number of guanidine groups is 1. The van der Waals surface area contributed by atoms with Crippen molar-refractivity contribution in [2.24, 2.45) is 4.99 Å². The van der Waals surface area contributed by atoms with Crippen LogP contribution in [0.15, 0.2) is 4.99 Å². The van der Waals surface area contributed by atoms with E-state index in [1.807, 2.05) is 7.05 Å². The Labute approximate surface area is 205 Å². The Bertz CT molecular complexity index is 539. The zero-order valence-corrected chi connectivity index (χ0v) is 21.7. The number of piperidine rings is 1. The summed E-state index contributed by atoms with van der Waals surface area (Å²) in [6, 6.07) is 0. The third kappa shape index (κ3) is 6.91. The molecular weight excluding hydrogens is 507 g/mol. The molecule has 0 saturated carbocycles. The van der Waals surface area contributed by atoms with Gasteiger partial charge in [0, 0.05) is 52.0 Å². The molecule has 4 saturated heterocycles. The molecule has 0 bridgehead atoms. The van der Waals surface area contributed by atoms with E-state index < -0.39 is 0 Å². The maximum atomic E-state index is 6.19. The van der Waals surface area contributed by atoms with Crippen molar-refractivity contribution < 1.29 is 14.2 Å². The van der Waals surface area contributed by atoms with Gasteiger partial charge >= 0.3 is 0 Å². The highest BCUT2D eigenvalue weighted by atomic mass is 127. The summed E-state index contributed by atoms with van der Waals surface area (Å²) in [5, 5.41) is 3.74. The SMILES string of the molecule is CN=C(NCC1(N2CCCC2)CCOCC1)N1CCC(OCC2CCCCO2)CC1.I. The molecule has 4 rings (SSSR count). The lowest BCUT2D eigenvalue weighted by atomic mass is 9.88. The Morgan fingerprint density at radius 3 is 2.39 bits per heavy atom. The molecule has 1 atom stereocenters. The van der Waals surface area contributed by atoms with Crippen LogP contribution in [-0.4, -0.2) is 99.7 Å². The van der Waals surface area contributed by atoms with Crippen molar-refractivity contribution >= 4 is 29.9 Å². The predicted molar refractivity (Wildman–Crippen MR) is 135 cm³/mol. The van der Waals surface area contributed by atoms with Crippen LogP contribution in [0.5, 0.6) is 0 Å². The van der Waals surface area contributed by atoms with Crippen molar-refractivity contribution in [3.05, 3.63) is 0 Å². The van der Waals surface area contributed by atoms with Crippen molar-refractivity contribution in [2.75, 3.05) is 66.2 Å². The molecule has 4 heterocycles. The minimum Gasteiger partial charge on any atom is -0.381 e. The number of hydrogen-bond donors (Lipinski definition) is 1. The number of nitrogens with zero attached hydrogens (tertiary/aromatic N) is 3. The molecule has 0 aromatic carbocycles. The van der Waals surface area contributed by atoms with Gasteiger partial charge < -0.3 is 24.4 Å². The van der Waals surface area contributed by atoms with Crippen LogP contribution in [0.2, 0.25) is 0 Å². The molecule has 31 heavy (non-hydrogen) atoms. The Hall–Kier alpha value is -0.160. The fourth-order valence-electron chi connectivity index (χ4n) is 5.54.